The van der Waals surface area contributed by atoms with Gasteiger partial charge >= 0.3 is 0 Å². The molecule has 0 bridgehead atoms. The molecule has 0 aliphatic carbocycles. The predicted molar refractivity (Wildman–Crippen MR) is 218 cm³/mol. The van der Waals surface area contributed by atoms with Crippen LogP contribution in [0.4, 0.5) is 11.4 Å². The molecule has 1 aromatic heterocycles. The fraction of sp³-hybridized carbons (Fsp3) is 0.415. The van der Waals surface area contributed by atoms with Gasteiger partial charge in [0.15, 0.2) is 0 Å². The number of hydrogen-bond acceptors (Lipinski definition) is 8. The summed E-state index contributed by atoms with van der Waals surface area (Å²) in [5.41, 5.74) is 6.74. The molecule has 11 nitrogen and oxygen atoms in total. The Morgan fingerprint density at radius 2 is 1.63 bits per heavy atom. The first-order valence-corrected chi connectivity index (χ1v) is 21.8. The second kappa shape index (κ2) is 21.6. The first kappa shape index (κ1) is 42.4. The number of unbranched alkanes of at least 4 members (excludes halogenated alkanes) is 1. The predicted octanol–water partition coefficient (Wildman–Crippen LogP) is 8.00. The van der Waals surface area contributed by atoms with Crippen molar-refractivity contribution in [1.82, 2.24) is 9.55 Å². The largest absolute Gasteiger partial charge is 0.491 e. The average Bonchev–Trinajstić information content (AvgIpc) is 3.57. The lowest BCUT2D eigenvalue weighted by Gasteiger charge is -2.29. The normalized spacial score (nSPS) is 13.4. The zero-order valence-electron chi connectivity index (χ0n) is 31.8. The van der Waals surface area contributed by atoms with Crippen molar-refractivity contribution in [2.45, 2.75) is 76.5 Å². The van der Waals surface area contributed by atoms with Crippen molar-refractivity contribution in [3.63, 3.8) is 0 Å². The number of amides is 1. The summed E-state index contributed by atoms with van der Waals surface area (Å²) in [6.45, 7) is 11.1. The topological polar surface area (TPSA) is 140 Å². The van der Waals surface area contributed by atoms with E-state index in [1.54, 1.807) is 12.5 Å². The Balaban J connectivity index is 0.00000122. The molecule has 5 rings (SSSR count). The van der Waals surface area contributed by atoms with Crippen LogP contribution in [0.3, 0.4) is 0 Å². The minimum absolute atomic E-state index is 0.113. The number of hydrogen-bond donors (Lipinski definition) is 2. The van der Waals surface area contributed by atoms with Crippen molar-refractivity contribution in [2.24, 2.45) is 0 Å². The van der Waals surface area contributed by atoms with Crippen LogP contribution >= 0.6 is 0 Å². The summed E-state index contributed by atoms with van der Waals surface area (Å²) in [7, 11) is -4.88. The zero-order chi connectivity index (χ0) is 38.9. The molecule has 54 heavy (non-hydrogen) atoms. The van der Waals surface area contributed by atoms with Crippen LogP contribution in [-0.2, 0) is 42.7 Å². The van der Waals surface area contributed by atoms with E-state index >= 15 is 0 Å². The quantitative estimate of drug-likeness (QED) is 0.0806. The van der Waals surface area contributed by atoms with Crippen molar-refractivity contribution < 1.29 is 31.4 Å². The number of nitrogens with zero attached hydrogens (tertiary/aromatic N) is 3. The minimum atomic E-state index is -3.67. The molecule has 0 spiro atoms. The number of anilines is 2. The van der Waals surface area contributed by atoms with Gasteiger partial charge in [-0.15, -0.1) is 0 Å². The van der Waals surface area contributed by atoms with Crippen molar-refractivity contribution >= 4 is 44.3 Å². The Labute approximate surface area is 323 Å². The lowest BCUT2D eigenvalue weighted by Crippen LogP contribution is -2.28. The Kier molecular flexibility index (Phi) is 16.9. The molecule has 3 aromatic carbocycles. The first-order valence-electron chi connectivity index (χ1n) is 18.6. The molecule has 0 fully saturated rings. The van der Waals surface area contributed by atoms with Crippen LogP contribution in [0.15, 0.2) is 89.7 Å². The van der Waals surface area contributed by atoms with Gasteiger partial charge < -0.3 is 24.3 Å². The van der Waals surface area contributed by atoms with Gasteiger partial charge in [-0.25, -0.2) is 4.98 Å². The number of ether oxygens (including phenoxy) is 2. The van der Waals surface area contributed by atoms with Gasteiger partial charge in [-0.2, -0.15) is 8.42 Å². The highest BCUT2D eigenvalue weighted by molar-refractivity contribution is 7.85. The van der Waals surface area contributed by atoms with Gasteiger partial charge in [-0.1, -0.05) is 45.4 Å². The summed E-state index contributed by atoms with van der Waals surface area (Å²) < 4.78 is 52.5. The molecule has 1 aliphatic rings. The fourth-order valence-electron chi connectivity index (χ4n) is 6.00. The molecule has 2 heterocycles. The number of fused-ring (bicyclic) bond motifs is 1. The van der Waals surface area contributed by atoms with Gasteiger partial charge in [0.2, 0.25) is 0 Å². The number of carbonyl (C=O) groups excluding carboxylic acids is 1. The number of benzene rings is 3. The summed E-state index contributed by atoms with van der Waals surface area (Å²) in [4.78, 5) is 21.0. The maximum absolute atomic E-state index is 13.6. The molecule has 0 unspecified atom stereocenters. The van der Waals surface area contributed by atoms with E-state index in [2.05, 4.69) is 76.9 Å². The van der Waals surface area contributed by atoms with Crippen LogP contribution < -0.4 is 15.0 Å². The first-order chi connectivity index (χ1) is 26.0. The number of rotatable bonds is 17. The van der Waals surface area contributed by atoms with Gasteiger partial charge in [-0.3, -0.25) is 13.6 Å². The van der Waals surface area contributed by atoms with E-state index in [0.717, 1.165) is 103 Å². The molecule has 0 radical (unpaired) electrons. The molecule has 1 aliphatic heterocycles. The van der Waals surface area contributed by atoms with Crippen LogP contribution in [-0.4, -0.2) is 71.8 Å². The molecule has 292 valence electrons. The minimum Gasteiger partial charge on any atom is -0.491 e. The van der Waals surface area contributed by atoms with E-state index in [0.29, 0.717) is 37.3 Å². The monoisotopic (exact) mass is 778 g/mol. The SMILES string of the molecule is CCCCOCCOc1ccc(-c2ccc3c(c2)C=C(C(=O)Nc2ccc([S@@](=O)Cc4cncn4CCC)cc2)CCCN3CCC)cc1.CS(=O)(=O)O. The number of carbonyl (C=O) groups is 1. The smallest absolute Gasteiger partial charge is 0.261 e. The highest BCUT2D eigenvalue weighted by Gasteiger charge is 2.19. The third-order valence-electron chi connectivity index (χ3n) is 8.60. The molecule has 0 saturated carbocycles. The van der Waals surface area contributed by atoms with E-state index in [9.17, 15) is 17.4 Å². The van der Waals surface area contributed by atoms with Crippen LogP contribution in [0.5, 0.6) is 5.75 Å². The lowest BCUT2D eigenvalue weighted by atomic mass is 9.96. The number of aryl methyl sites for hydroxylation is 1. The third-order valence-corrected chi connectivity index (χ3v) is 9.96. The number of nitrogens with one attached hydrogen (secondary N) is 1. The maximum atomic E-state index is 13.6. The van der Waals surface area contributed by atoms with Crippen LogP contribution in [0.1, 0.15) is 70.6 Å². The van der Waals surface area contributed by atoms with Crippen molar-refractivity contribution in [3.8, 4) is 16.9 Å². The second-order valence-electron chi connectivity index (χ2n) is 13.2. The Morgan fingerprint density at radius 1 is 0.926 bits per heavy atom. The van der Waals surface area contributed by atoms with Crippen LogP contribution in [0, 0.1) is 0 Å². The lowest BCUT2D eigenvalue weighted by molar-refractivity contribution is -0.112. The van der Waals surface area contributed by atoms with Crippen molar-refractivity contribution in [2.75, 3.05) is 49.4 Å². The van der Waals surface area contributed by atoms with Gasteiger partial charge in [0.25, 0.3) is 16.0 Å². The summed E-state index contributed by atoms with van der Waals surface area (Å²) >= 11 is 0. The highest BCUT2D eigenvalue weighted by atomic mass is 32.2. The second-order valence-corrected chi connectivity index (χ2v) is 16.1. The Hall–Kier alpha value is -4.30. The van der Waals surface area contributed by atoms with E-state index in [1.165, 1.54) is 0 Å². The number of imidazole rings is 1. The molecule has 1 atom stereocenters. The summed E-state index contributed by atoms with van der Waals surface area (Å²) in [6, 6.07) is 22.0. The molecule has 13 heteroatoms. The van der Waals surface area contributed by atoms with Crippen molar-refractivity contribution in [3.05, 3.63) is 96.1 Å². The molecule has 1 amide bonds. The summed E-state index contributed by atoms with van der Waals surface area (Å²) in [5, 5.41) is 3.09. The van der Waals surface area contributed by atoms with Crippen molar-refractivity contribution in [1.29, 1.82) is 0 Å². The van der Waals surface area contributed by atoms with E-state index in [1.807, 2.05) is 36.4 Å². The molecular formula is C41H54N4O7S2. The van der Waals surface area contributed by atoms with Crippen LogP contribution in [0.2, 0.25) is 0 Å². The van der Waals surface area contributed by atoms with Gasteiger partial charge in [0.1, 0.15) is 12.4 Å². The van der Waals surface area contributed by atoms with Gasteiger partial charge in [-0.05, 0) is 103 Å². The maximum Gasteiger partial charge on any atom is 0.261 e. The Morgan fingerprint density at radius 3 is 2.31 bits per heavy atom. The van der Waals surface area contributed by atoms with Crippen LogP contribution in [0.25, 0.3) is 17.2 Å². The average molecular weight is 779 g/mol. The standard InChI is InChI=1S/C40H50N4O4S.CH4O3S/c1-4-7-23-47-24-25-48-37-15-10-31(11-16-37)32-12-19-39-34(26-32)27-33(9-8-22-43(39)20-5-2)40(45)42-35-13-17-38(18-14-35)49(46)29-36-28-41-30-44(36)21-6-3;1-5(2,3)4/h10-19,26-28,30H,4-9,20-25,29H2,1-3H3,(H,42,45);1H3,(H,2,3,4)/t49-;/m0./s1. The van der Waals surface area contributed by atoms with E-state index in [4.69, 9.17) is 14.0 Å². The number of aromatic nitrogens is 2. The highest BCUT2D eigenvalue weighted by Crippen LogP contribution is 2.33. The zero-order valence-corrected chi connectivity index (χ0v) is 33.5. The molecule has 0 saturated heterocycles. The third kappa shape index (κ3) is 13.8. The van der Waals surface area contributed by atoms with Gasteiger partial charge in [0.05, 0.1) is 41.4 Å². The molecule has 2 N–H and O–H groups in total. The summed E-state index contributed by atoms with van der Waals surface area (Å²) in [5.74, 6) is 1.11. The molecule has 4 aromatic rings. The van der Waals surface area contributed by atoms with E-state index in [-0.39, 0.29) is 5.91 Å². The van der Waals surface area contributed by atoms with Gasteiger partial charge in [0, 0.05) is 54.3 Å². The summed E-state index contributed by atoms with van der Waals surface area (Å²) in [6.07, 6.45) is 12.1. The Bertz CT molecular complexity index is 1930. The van der Waals surface area contributed by atoms with E-state index < -0.39 is 20.9 Å². The molecular weight excluding hydrogens is 725 g/mol. The fourth-order valence-corrected chi connectivity index (χ4v) is 7.12.